The van der Waals surface area contributed by atoms with Crippen molar-refractivity contribution >= 4 is 5.97 Å². The van der Waals surface area contributed by atoms with Crippen LogP contribution in [0, 0.1) is 6.92 Å². The molecular formula is C13H14N2O3. The predicted octanol–water partition coefficient (Wildman–Crippen LogP) is 2.10. The normalized spacial score (nSPS) is 10.4. The van der Waals surface area contributed by atoms with Gasteiger partial charge in [0, 0.05) is 13.2 Å². The Hall–Kier alpha value is -2.30. The van der Waals surface area contributed by atoms with Gasteiger partial charge >= 0.3 is 5.97 Å². The van der Waals surface area contributed by atoms with Crippen molar-refractivity contribution in [1.29, 1.82) is 0 Å². The molecule has 2 aromatic rings. The van der Waals surface area contributed by atoms with Crippen LogP contribution in [0.2, 0.25) is 0 Å². The molecule has 0 saturated heterocycles. The van der Waals surface area contributed by atoms with E-state index < -0.39 is 5.97 Å². The lowest BCUT2D eigenvalue weighted by Gasteiger charge is -2.09. The summed E-state index contributed by atoms with van der Waals surface area (Å²) in [5, 5.41) is 8.94. The molecule has 2 rings (SSSR count). The SMILES string of the molecule is COc1ccc(C)cc1-c1nc(C(=O)O)cn1C. The summed E-state index contributed by atoms with van der Waals surface area (Å²) in [6.07, 6.45) is 1.49. The minimum Gasteiger partial charge on any atom is -0.496 e. The zero-order valence-electron chi connectivity index (χ0n) is 10.5. The summed E-state index contributed by atoms with van der Waals surface area (Å²) in [4.78, 5) is 15.0. The van der Waals surface area contributed by atoms with Gasteiger partial charge in [0.25, 0.3) is 0 Å². The molecule has 0 unspecified atom stereocenters. The van der Waals surface area contributed by atoms with Gasteiger partial charge in [0.2, 0.25) is 0 Å². The van der Waals surface area contributed by atoms with E-state index >= 15 is 0 Å². The second kappa shape index (κ2) is 4.52. The van der Waals surface area contributed by atoms with Crippen LogP contribution < -0.4 is 4.74 Å². The maximum absolute atomic E-state index is 10.9. The number of carboxylic acids is 1. The highest BCUT2D eigenvalue weighted by Gasteiger charge is 2.15. The van der Waals surface area contributed by atoms with Gasteiger partial charge in [-0.2, -0.15) is 0 Å². The highest BCUT2D eigenvalue weighted by molar-refractivity contribution is 5.86. The second-order valence-corrected chi connectivity index (χ2v) is 4.07. The second-order valence-electron chi connectivity index (χ2n) is 4.07. The summed E-state index contributed by atoms with van der Waals surface area (Å²) >= 11 is 0. The minimum absolute atomic E-state index is 0.0241. The van der Waals surface area contributed by atoms with Crippen LogP contribution in [0.15, 0.2) is 24.4 Å². The van der Waals surface area contributed by atoms with Gasteiger partial charge in [-0.25, -0.2) is 9.78 Å². The molecule has 0 atom stereocenters. The van der Waals surface area contributed by atoms with E-state index in [9.17, 15) is 4.79 Å². The number of aromatic nitrogens is 2. The molecule has 0 radical (unpaired) electrons. The van der Waals surface area contributed by atoms with Crippen molar-refractivity contribution in [2.24, 2.45) is 7.05 Å². The molecule has 18 heavy (non-hydrogen) atoms. The van der Waals surface area contributed by atoms with E-state index in [2.05, 4.69) is 4.98 Å². The monoisotopic (exact) mass is 246 g/mol. The van der Waals surface area contributed by atoms with Gasteiger partial charge in [-0.05, 0) is 19.1 Å². The Kier molecular flexibility index (Phi) is 3.06. The fraction of sp³-hybridized carbons (Fsp3) is 0.231. The number of rotatable bonds is 3. The molecule has 0 spiro atoms. The van der Waals surface area contributed by atoms with Crippen molar-refractivity contribution in [3.8, 4) is 17.1 Å². The molecule has 0 aliphatic carbocycles. The van der Waals surface area contributed by atoms with Gasteiger partial charge in [0.05, 0.1) is 12.7 Å². The Morgan fingerprint density at radius 1 is 1.44 bits per heavy atom. The number of imidazole rings is 1. The van der Waals surface area contributed by atoms with E-state index in [1.807, 2.05) is 25.1 Å². The molecule has 0 saturated carbocycles. The summed E-state index contributed by atoms with van der Waals surface area (Å²) in [7, 11) is 3.34. The van der Waals surface area contributed by atoms with Crippen LogP contribution in [-0.4, -0.2) is 27.7 Å². The van der Waals surface area contributed by atoms with Gasteiger partial charge in [-0.1, -0.05) is 11.6 Å². The maximum Gasteiger partial charge on any atom is 0.356 e. The number of hydrogen-bond acceptors (Lipinski definition) is 3. The largest absolute Gasteiger partial charge is 0.496 e. The molecule has 1 N–H and O–H groups in total. The average Bonchev–Trinajstić information content (AvgIpc) is 2.71. The van der Waals surface area contributed by atoms with E-state index in [4.69, 9.17) is 9.84 Å². The fourth-order valence-electron chi connectivity index (χ4n) is 1.82. The van der Waals surface area contributed by atoms with Crippen LogP contribution >= 0.6 is 0 Å². The van der Waals surface area contributed by atoms with Crippen LogP contribution in [0.1, 0.15) is 16.1 Å². The van der Waals surface area contributed by atoms with Crippen LogP contribution in [0.3, 0.4) is 0 Å². The van der Waals surface area contributed by atoms with Gasteiger partial charge in [0.1, 0.15) is 11.6 Å². The molecule has 0 aliphatic rings. The Labute approximate surface area is 105 Å². The van der Waals surface area contributed by atoms with E-state index in [-0.39, 0.29) is 5.69 Å². The predicted molar refractivity (Wildman–Crippen MR) is 66.9 cm³/mol. The molecule has 0 amide bonds. The third-order valence-corrected chi connectivity index (χ3v) is 2.69. The summed E-state index contributed by atoms with van der Waals surface area (Å²) in [5.41, 5.74) is 1.87. The van der Waals surface area contributed by atoms with Crippen LogP contribution in [-0.2, 0) is 7.05 Å². The van der Waals surface area contributed by atoms with Crippen molar-refractivity contribution < 1.29 is 14.6 Å². The summed E-state index contributed by atoms with van der Waals surface area (Å²) < 4.78 is 6.96. The first-order chi connectivity index (χ1) is 8.52. The van der Waals surface area contributed by atoms with Crippen LogP contribution in [0.5, 0.6) is 5.75 Å². The van der Waals surface area contributed by atoms with Gasteiger partial charge in [0.15, 0.2) is 5.69 Å². The maximum atomic E-state index is 10.9. The first-order valence-electron chi connectivity index (χ1n) is 5.44. The number of benzene rings is 1. The lowest BCUT2D eigenvalue weighted by Crippen LogP contribution is -1.96. The summed E-state index contributed by atoms with van der Waals surface area (Å²) in [5.74, 6) is 0.211. The zero-order chi connectivity index (χ0) is 13.3. The van der Waals surface area contributed by atoms with Crippen LogP contribution in [0.4, 0.5) is 0 Å². The molecule has 5 heteroatoms. The lowest BCUT2D eigenvalue weighted by atomic mass is 10.1. The first-order valence-corrected chi connectivity index (χ1v) is 5.44. The number of carboxylic acid groups (broad SMARTS) is 1. The van der Waals surface area contributed by atoms with Gasteiger partial charge in [-0.3, -0.25) is 0 Å². The highest BCUT2D eigenvalue weighted by atomic mass is 16.5. The first kappa shape index (κ1) is 12.2. The molecule has 0 fully saturated rings. The summed E-state index contributed by atoms with van der Waals surface area (Å²) in [6.45, 7) is 1.96. The van der Waals surface area contributed by atoms with Crippen molar-refractivity contribution in [2.75, 3.05) is 7.11 Å². The number of hydrogen-bond donors (Lipinski definition) is 1. The molecule has 94 valence electrons. The Balaban J connectivity index is 2.60. The Bertz CT molecular complexity index is 602. The number of aryl methyl sites for hydroxylation is 2. The van der Waals surface area contributed by atoms with Crippen molar-refractivity contribution in [3.63, 3.8) is 0 Å². The van der Waals surface area contributed by atoms with Crippen molar-refractivity contribution in [3.05, 3.63) is 35.7 Å². The highest BCUT2D eigenvalue weighted by Crippen LogP contribution is 2.29. The molecule has 0 aliphatic heterocycles. The topological polar surface area (TPSA) is 64.3 Å². The molecule has 0 bridgehead atoms. The van der Waals surface area contributed by atoms with Crippen molar-refractivity contribution in [2.45, 2.75) is 6.92 Å². The number of carbonyl (C=O) groups is 1. The molecule has 1 aromatic heterocycles. The van der Waals surface area contributed by atoms with Crippen molar-refractivity contribution in [1.82, 2.24) is 9.55 Å². The number of ether oxygens (including phenoxy) is 1. The quantitative estimate of drug-likeness (QED) is 0.900. The Morgan fingerprint density at radius 3 is 2.72 bits per heavy atom. The lowest BCUT2D eigenvalue weighted by molar-refractivity contribution is 0.0691. The van der Waals surface area contributed by atoms with E-state index in [1.54, 1.807) is 18.7 Å². The minimum atomic E-state index is -1.04. The van der Waals surface area contributed by atoms with E-state index in [0.29, 0.717) is 11.6 Å². The smallest absolute Gasteiger partial charge is 0.356 e. The average molecular weight is 246 g/mol. The van der Waals surface area contributed by atoms with E-state index in [1.165, 1.54) is 6.20 Å². The standard InChI is InChI=1S/C13H14N2O3/c1-8-4-5-11(18-3)9(6-8)12-14-10(13(16)17)7-15(12)2/h4-7H,1-3H3,(H,16,17). The molecule has 1 heterocycles. The molecule has 5 nitrogen and oxygen atoms in total. The molecular weight excluding hydrogens is 232 g/mol. The zero-order valence-corrected chi connectivity index (χ0v) is 10.5. The summed E-state index contributed by atoms with van der Waals surface area (Å²) in [6, 6.07) is 5.70. The number of nitrogens with zero attached hydrogens (tertiary/aromatic N) is 2. The van der Waals surface area contributed by atoms with E-state index in [0.717, 1.165) is 11.1 Å². The number of aromatic carboxylic acids is 1. The Morgan fingerprint density at radius 2 is 2.17 bits per heavy atom. The fourth-order valence-corrected chi connectivity index (χ4v) is 1.82. The van der Waals surface area contributed by atoms with Crippen LogP contribution in [0.25, 0.3) is 11.4 Å². The molecule has 1 aromatic carbocycles. The number of methoxy groups -OCH3 is 1. The van der Waals surface area contributed by atoms with Gasteiger partial charge < -0.3 is 14.4 Å². The third-order valence-electron chi connectivity index (χ3n) is 2.69. The van der Waals surface area contributed by atoms with Gasteiger partial charge in [-0.15, -0.1) is 0 Å². The third kappa shape index (κ3) is 2.07.